The van der Waals surface area contributed by atoms with Gasteiger partial charge in [-0.25, -0.2) is 14.3 Å². The topological polar surface area (TPSA) is 177 Å². The van der Waals surface area contributed by atoms with Gasteiger partial charge in [0.15, 0.2) is 11.9 Å². The predicted molar refractivity (Wildman–Crippen MR) is 158 cm³/mol. The number of aliphatic hydroxyl groups is 1. The average molecular weight is 607 g/mol. The Hall–Kier alpha value is -4.54. The molecule has 0 unspecified atom stereocenters. The number of fused-ring (bicyclic) bond motifs is 1. The molecule has 1 aliphatic rings. The van der Waals surface area contributed by atoms with Gasteiger partial charge in [0.25, 0.3) is 0 Å². The highest BCUT2D eigenvalue weighted by Gasteiger charge is 2.59. The quantitative estimate of drug-likeness (QED) is 0.306. The standard InChI is InChI=1S/C31H38N6O7/c1-7-21-25(42-23(38)15-19-11-9-8-10-12-19)26(39)31(16-32,43-21)22-14-13-20-27(33-17-34-37(20)22)36-28(40)24(18(2)3)35-29(41)44-30(4,5)6/h8-14,17-18,21,24-26,39H,7,15H2,1-6H3,(H,35,41)(H,33,34,36,40)/t21-,24+,25-,26-,31+/m1/s1. The van der Waals surface area contributed by atoms with Crippen molar-refractivity contribution < 1.29 is 33.7 Å². The van der Waals surface area contributed by atoms with Gasteiger partial charge in [0, 0.05) is 0 Å². The summed E-state index contributed by atoms with van der Waals surface area (Å²) in [7, 11) is 0. The molecule has 13 heteroatoms. The molecule has 0 spiro atoms. The largest absolute Gasteiger partial charge is 0.456 e. The molecule has 1 saturated heterocycles. The molecule has 2 amide bonds. The highest BCUT2D eigenvalue weighted by atomic mass is 16.6. The number of aromatic nitrogens is 3. The van der Waals surface area contributed by atoms with E-state index in [0.717, 1.165) is 5.56 Å². The lowest BCUT2D eigenvalue weighted by Crippen LogP contribution is -2.48. The van der Waals surface area contributed by atoms with Gasteiger partial charge in [0.1, 0.15) is 35.7 Å². The number of carbonyl (C=O) groups is 3. The summed E-state index contributed by atoms with van der Waals surface area (Å²) >= 11 is 0. The number of benzene rings is 1. The second kappa shape index (κ2) is 13.0. The van der Waals surface area contributed by atoms with Gasteiger partial charge in [-0.2, -0.15) is 10.4 Å². The zero-order chi connectivity index (χ0) is 32.2. The summed E-state index contributed by atoms with van der Waals surface area (Å²) in [5.41, 5.74) is -1.48. The number of esters is 1. The van der Waals surface area contributed by atoms with E-state index in [1.807, 2.05) is 18.2 Å². The first-order valence-corrected chi connectivity index (χ1v) is 14.4. The summed E-state index contributed by atoms with van der Waals surface area (Å²) in [6.45, 7) is 10.5. The van der Waals surface area contributed by atoms with Gasteiger partial charge in [0.2, 0.25) is 11.5 Å². The number of nitriles is 1. The van der Waals surface area contributed by atoms with Crippen molar-refractivity contribution in [1.29, 1.82) is 5.26 Å². The Morgan fingerprint density at radius 2 is 1.89 bits per heavy atom. The average Bonchev–Trinajstić information content (AvgIpc) is 3.51. The normalized spacial score (nSPS) is 22.3. The SMILES string of the molecule is CC[C@H]1O[C@@](C#N)(c2ccc3c(NC(=O)[C@@H](NC(=O)OC(C)(C)C)C(C)C)ncnn23)[C@H](O)[C@@H]1OC(=O)Cc1ccccc1. The Kier molecular flexibility index (Phi) is 9.56. The van der Waals surface area contributed by atoms with E-state index in [1.165, 1.54) is 16.9 Å². The monoisotopic (exact) mass is 606 g/mol. The van der Waals surface area contributed by atoms with Crippen molar-refractivity contribution >= 4 is 29.3 Å². The molecule has 13 nitrogen and oxygen atoms in total. The van der Waals surface area contributed by atoms with Crippen molar-refractivity contribution in [2.45, 2.75) is 89.9 Å². The maximum Gasteiger partial charge on any atom is 0.408 e. The number of amides is 2. The second-order valence-electron chi connectivity index (χ2n) is 12.0. The number of nitrogens with one attached hydrogen (secondary N) is 2. The molecule has 44 heavy (non-hydrogen) atoms. The Balaban J connectivity index is 1.59. The first-order valence-electron chi connectivity index (χ1n) is 14.4. The van der Waals surface area contributed by atoms with Crippen molar-refractivity contribution in [3.05, 3.63) is 60.0 Å². The first-order chi connectivity index (χ1) is 20.8. The minimum absolute atomic E-state index is 0.00938. The summed E-state index contributed by atoms with van der Waals surface area (Å²) < 4.78 is 18.4. The second-order valence-corrected chi connectivity index (χ2v) is 12.0. The molecule has 1 aliphatic heterocycles. The smallest absolute Gasteiger partial charge is 0.408 e. The van der Waals surface area contributed by atoms with Crippen molar-refractivity contribution in [1.82, 2.24) is 19.9 Å². The Morgan fingerprint density at radius 3 is 2.50 bits per heavy atom. The van der Waals surface area contributed by atoms with E-state index in [1.54, 1.807) is 59.7 Å². The fourth-order valence-electron chi connectivity index (χ4n) is 5.06. The van der Waals surface area contributed by atoms with Crippen LogP contribution in [0.2, 0.25) is 0 Å². The molecule has 4 rings (SSSR count). The number of nitrogens with zero attached hydrogens (tertiary/aromatic N) is 4. The summed E-state index contributed by atoms with van der Waals surface area (Å²) in [6.07, 6.45) is -2.66. The van der Waals surface area contributed by atoms with Gasteiger partial charge in [-0.3, -0.25) is 9.59 Å². The van der Waals surface area contributed by atoms with Crippen LogP contribution in [0, 0.1) is 17.2 Å². The molecule has 3 heterocycles. The zero-order valence-electron chi connectivity index (χ0n) is 25.6. The van der Waals surface area contributed by atoms with Crippen LogP contribution in [-0.2, 0) is 35.8 Å². The number of aliphatic hydroxyl groups excluding tert-OH is 1. The van der Waals surface area contributed by atoms with Crippen molar-refractivity contribution in [3.63, 3.8) is 0 Å². The van der Waals surface area contributed by atoms with Crippen molar-refractivity contribution in [3.8, 4) is 6.07 Å². The summed E-state index contributed by atoms with van der Waals surface area (Å²) in [4.78, 5) is 42.6. The maximum atomic E-state index is 13.3. The van der Waals surface area contributed by atoms with Crippen LogP contribution in [0.25, 0.3) is 5.52 Å². The molecular weight excluding hydrogens is 568 g/mol. The fourth-order valence-corrected chi connectivity index (χ4v) is 5.06. The number of ether oxygens (including phenoxy) is 3. The summed E-state index contributed by atoms with van der Waals surface area (Å²) in [6, 6.07) is 13.3. The van der Waals surface area contributed by atoms with Crippen LogP contribution in [0.4, 0.5) is 10.6 Å². The molecule has 0 radical (unpaired) electrons. The number of anilines is 1. The third kappa shape index (κ3) is 6.82. The number of alkyl carbamates (subject to hydrolysis) is 1. The Bertz CT molecular complexity index is 1540. The predicted octanol–water partition coefficient (Wildman–Crippen LogP) is 3.26. The summed E-state index contributed by atoms with van der Waals surface area (Å²) in [5, 5.41) is 31.4. The molecule has 2 aromatic heterocycles. The molecule has 234 valence electrons. The molecule has 0 saturated carbocycles. The van der Waals surface area contributed by atoms with E-state index in [0.29, 0.717) is 11.9 Å². The molecule has 1 fully saturated rings. The maximum absolute atomic E-state index is 13.3. The highest BCUT2D eigenvalue weighted by molar-refractivity contribution is 5.98. The van der Waals surface area contributed by atoms with Crippen LogP contribution in [0.15, 0.2) is 48.8 Å². The van der Waals surface area contributed by atoms with Crippen LogP contribution in [0.1, 0.15) is 59.2 Å². The van der Waals surface area contributed by atoms with Gasteiger partial charge in [-0.05, 0) is 50.8 Å². The van der Waals surface area contributed by atoms with E-state index >= 15 is 0 Å². The molecule has 1 aromatic carbocycles. The Morgan fingerprint density at radius 1 is 1.18 bits per heavy atom. The zero-order valence-corrected chi connectivity index (χ0v) is 25.6. The third-order valence-corrected chi connectivity index (χ3v) is 7.15. The van der Waals surface area contributed by atoms with Crippen LogP contribution >= 0.6 is 0 Å². The minimum Gasteiger partial charge on any atom is -0.456 e. The van der Waals surface area contributed by atoms with Crippen LogP contribution < -0.4 is 10.6 Å². The van der Waals surface area contributed by atoms with Crippen molar-refractivity contribution in [2.75, 3.05) is 5.32 Å². The summed E-state index contributed by atoms with van der Waals surface area (Å²) in [5.74, 6) is -1.30. The molecule has 5 atom stereocenters. The highest BCUT2D eigenvalue weighted by Crippen LogP contribution is 2.42. The number of carbonyl (C=O) groups excluding carboxylic acids is 3. The van der Waals surface area contributed by atoms with Gasteiger partial charge in [-0.15, -0.1) is 0 Å². The van der Waals surface area contributed by atoms with Gasteiger partial charge in [0.05, 0.1) is 18.2 Å². The van der Waals surface area contributed by atoms with E-state index in [2.05, 4.69) is 26.8 Å². The lowest BCUT2D eigenvalue weighted by atomic mass is 9.92. The van der Waals surface area contributed by atoms with Crippen LogP contribution in [0.5, 0.6) is 0 Å². The first kappa shape index (κ1) is 32.4. The van der Waals surface area contributed by atoms with Gasteiger partial charge in [-0.1, -0.05) is 51.1 Å². The number of hydrogen-bond acceptors (Lipinski definition) is 10. The number of hydrogen-bond donors (Lipinski definition) is 3. The van der Waals surface area contributed by atoms with Gasteiger partial charge >= 0.3 is 12.1 Å². The third-order valence-electron chi connectivity index (χ3n) is 7.15. The number of rotatable bonds is 9. The van der Waals surface area contributed by atoms with Crippen molar-refractivity contribution in [2.24, 2.45) is 5.92 Å². The van der Waals surface area contributed by atoms with Crippen LogP contribution in [0.3, 0.4) is 0 Å². The molecular formula is C31H38N6O7. The van der Waals surface area contributed by atoms with E-state index in [4.69, 9.17) is 14.2 Å². The lowest BCUT2D eigenvalue weighted by Gasteiger charge is -2.25. The lowest BCUT2D eigenvalue weighted by molar-refractivity contribution is -0.154. The van der Waals surface area contributed by atoms with Gasteiger partial charge < -0.3 is 30.0 Å². The van der Waals surface area contributed by atoms with E-state index in [9.17, 15) is 24.8 Å². The Labute approximate surface area is 255 Å². The minimum atomic E-state index is -1.95. The fraction of sp³-hybridized carbons (Fsp3) is 0.484. The molecule has 0 bridgehead atoms. The van der Waals surface area contributed by atoms with Crippen LogP contribution in [-0.4, -0.2) is 67.6 Å². The molecule has 3 aromatic rings. The molecule has 3 N–H and O–H groups in total. The van der Waals surface area contributed by atoms with E-state index < -0.39 is 53.5 Å². The van der Waals surface area contributed by atoms with E-state index in [-0.39, 0.29) is 23.9 Å². The molecule has 0 aliphatic carbocycles.